The molecule has 2 aromatic heterocycles. The number of aryl methyl sites for hydroxylation is 3. The highest BCUT2D eigenvalue weighted by atomic mass is 16.4. The van der Waals surface area contributed by atoms with Crippen molar-refractivity contribution in [2.45, 2.75) is 53.6 Å². The summed E-state index contributed by atoms with van der Waals surface area (Å²) in [6.45, 7) is 10.0. The molecule has 1 amide bonds. The van der Waals surface area contributed by atoms with Crippen LogP contribution in [0.5, 0.6) is 0 Å². The zero-order valence-electron chi connectivity index (χ0n) is 15.3. The molecule has 2 aromatic rings. The third kappa shape index (κ3) is 4.07. The number of hydrogen-bond donors (Lipinski definition) is 3. The monoisotopic (exact) mass is 347 g/mol. The van der Waals surface area contributed by atoms with Crippen LogP contribution in [0.25, 0.3) is 0 Å². The molecule has 0 aliphatic heterocycles. The van der Waals surface area contributed by atoms with Crippen LogP contribution in [-0.2, 0) is 17.8 Å². The molecule has 0 bridgehead atoms. The second-order valence-corrected chi connectivity index (χ2v) is 6.53. The summed E-state index contributed by atoms with van der Waals surface area (Å²) in [4.78, 5) is 24.4. The molecule has 0 fully saturated rings. The van der Waals surface area contributed by atoms with Gasteiger partial charge in [-0.05, 0) is 39.2 Å². The lowest BCUT2D eigenvalue weighted by Crippen LogP contribution is -2.35. The van der Waals surface area contributed by atoms with E-state index in [1.165, 1.54) is 0 Å². The number of carbonyl (C=O) groups excluding carboxylic acids is 1. The van der Waals surface area contributed by atoms with Gasteiger partial charge >= 0.3 is 5.97 Å². The maximum atomic E-state index is 12.7. The van der Waals surface area contributed by atoms with Crippen molar-refractivity contribution in [2.75, 3.05) is 0 Å². The Labute approximate surface area is 146 Å². The molecule has 0 saturated carbocycles. The number of aromatic amines is 1. The van der Waals surface area contributed by atoms with E-state index in [1.807, 2.05) is 6.92 Å². The Morgan fingerprint density at radius 1 is 1.36 bits per heavy atom. The van der Waals surface area contributed by atoms with E-state index >= 15 is 0 Å². The Balaban J connectivity index is 2.30. The molecule has 8 heteroatoms. The molecule has 0 spiro atoms. The van der Waals surface area contributed by atoms with Crippen molar-refractivity contribution >= 4 is 11.9 Å². The standard InChI is InChI=1S/C17H25N5O3/c1-6-22-13(8-12(21-22)7-9(2)3)16(23)18-15(17(24)25)14-10(4)19-20-11(14)5/h8-9,15H,6-7H2,1-5H3,(H,18,23)(H,19,20)(H,24,25)/t15-/m1/s1. The van der Waals surface area contributed by atoms with Gasteiger partial charge in [0.1, 0.15) is 5.69 Å². The number of H-pyrrole nitrogens is 1. The molecule has 0 aromatic carbocycles. The number of carboxylic acid groups (broad SMARTS) is 1. The van der Waals surface area contributed by atoms with Crippen LogP contribution in [0.15, 0.2) is 6.07 Å². The van der Waals surface area contributed by atoms with Crippen LogP contribution in [0.3, 0.4) is 0 Å². The molecule has 2 rings (SSSR count). The van der Waals surface area contributed by atoms with Gasteiger partial charge in [0.25, 0.3) is 5.91 Å². The van der Waals surface area contributed by atoms with E-state index in [2.05, 4.69) is 34.5 Å². The van der Waals surface area contributed by atoms with Gasteiger partial charge in [0, 0.05) is 17.8 Å². The van der Waals surface area contributed by atoms with Crippen molar-refractivity contribution in [1.82, 2.24) is 25.3 Å². The lowest BCUT2D eigenvalue weighted by molar-refractivity contribution is -0.139. The second kappa shape index (κ2) is 7.50. The Kier molecular flexibility index (Phi) is 5.61. The summed E-state index contributed by atoms with van der Waals surface area (Å²) in [5.41, 5.74) is 2.84. The van der Waals surface area contributed by atoms with Gasteiger partial charge in [0.15, 0.2) is 6.04 Å². The third-order valence-electron chi connectivity index (χ3n) is 3.98. The normalized spacial score (nSPS) is 12.4. The second-order valence-electron chi connectivity index (χ2n) is 6.53. The number of hydrogen-bond acceptors (Lipinski definition) is 4. The van der Waals surface area contributed by atoms with Crippen LogP contribution in [0.2, 0.25) is 0 Å². The molecule has 0 aliphatic carbocycles. The van der Waals surface area contributed by atoms with Crippen LogP contribution in [-0.4, -0.2) is 37.0 Å². The number of nitrogens with one attached hydrogen (secondary N) is 2. The van der Waals surface area contributed by atoms with E-state index in [0.29, 0.717) is 35.1 Å². The predicted molar refractivity (Wildman–Crippen MR) is 92.3 cm³/mol. The minimum atomic E-state index is -1.17. The van der Waals surface area contributed by atoms with Gasteiger partial charge in [-0.25, -0.2) is 4.79 Å². The van der Waals surface area contributed by atoms with Gasteiger partial charge in [-0.3, -0.25) is 14.6 Å². The summed E-state index contributed by atoms with van der Waals surface area (Å²) < 4.78 is 1.60. The quantitative estimate of drug-likeness (QED) is 0.709. The van der Waals surface area contributed by atoms with Gasteiger partial charge in [-0.1, -0.05) is 13.8 Å². The third-order valence-corrected chi connectivity index (χ3v) is 3.98. The predicted octanol–water partition coefficient (Wildman–Crippen LogP) is 2.00. The average Bonchev–Trinajstić information content (AvgIpc) is 3.07. The van der Waals surface area contributed by atoms with Gasteiger partial charge < -0.3 is 10.4 Å². The zero-order chi connectivity index (χ0) is 18.7. The van der Waals surface area contributed by atoms with Crippen molar-refractivity contribution < 1.29 is 14.7 Å². The highest BCUT2D eigenvalue weighted by Gasteiger charge is 2.29. The van der Waals surface area contributed by atoms with E-state index in [4.69, 9.17) is 0 Å². The fraction of sp³-hybridized carbons (Fsp3) is 0.529. The summed E-state index contributed by atoms with van der Waals surface area (Å²) in [6, 6.07) is 0.562. The van der Waals surface area contributed by atoms with Crippen LogP contribution in [0.1, 0.15) is 59.9 Å². The molecule has 8 nitrogen and oxygen atoms in total. The highest BCUT2D eigenvalue weighted by Crippen LogP contribution is 2.21. The number of aromatic nitrogens is 4. The summed E-state index contributed by atoms with van der Waals surface area (Å²) >= 11 is 0. The molecule has 3 N–H and O–H groups in total. The fourth-order valence-corrected chi connectivity index (χ4v) is 2.86. The number of carboxylic acids is 1. The first kappa shape index (κ1) is 18.7. The first-order chi connectivity index (χ1) is 11.7. The van der Waals surface area contributed by atoms with Crippen LogP contribution in [0, 0.1) is 19.8 Å². The van der Waals surface area contributed by atoms with Crippen LogP contribution in [0.4, 0.5) is 0 Å². The summed E-state index contributed by atoms with van der Waals surface area (Å²) in [5, 5.41) is 23.4. The van der Waals surface area contributed by atoms with Crippen molar-refractivity contribution in [2.24, 2.45) is 5.92 Å². The number of rotatable bonds is 7. The minimum absolute atomic E-state index is 0.364. The average molecular weight is 347 g/mol. The first-order valence-corrected chi connectivity index (χ1v) is 8.36. The summed E-state index contributed by atoms with van der Waals surface area (Å²) in [6.07, 6.45) is 0.760. The summed E-state index contributed by atoms with van der Waals surface area (Å²) in [7, 11) is 0. The Bertz CT molecular complexity index is 756. The Morgan fingerprint density at radius 2 is 2.04 bits per heavy atom. The molecular weight excluding hydrogens is 322 g/mol. The SMILES string of the molecule is CCn1nc(CC(C)C)cc1C(=O)N[C@@H](C(=O)O)c1c(C)n[nH]c1C. The molecule has 136 valence electrons. The summed E-state index contributed by atoms with van der Waals surface area (Å²) in [5.74, 6) is -1.18. The molecule has 1 atom stereocenters. The van der Waals surface area contributed by atoms with Crippen LogP contribution >= 0.6 is 0 Å². The van der Waals surface area contributed by atoms with Crippen molar-refractivity contribution in [3.63, 3.8) is 0 Å². The van der Waals surface area contributed by atoms with Crippen LogP contribution < -0.4 is 5.32 Å². The Morgan fingerprint density at radius 3 is 2.52 bits per heavy atom. The molecule has 0 aliphatic rings. The van der Waals surface area contributed by atoms with Gasteiger partial charge in [-0.15, -0.1) is 0 Å². The number of aliphatic carboxylic acids is 1. The lowest BCUT2D eigenvalue weighted by atomic mass is 10.0. The molecular formula is C17H25N5O3. The zero-order valence-corrected chi connectivity index (χ0v) is 15.3. The van der Waals surface area contributed by atoms with Gasteiger partial charge in [0.2, 0.25) is 0 Å². The molecule has 0 unspecified atom stereocenters. The Hall–Kier alpha value is -2.64. The van der Waals surface area contributed by atoms with E-state index in [-0.39, 0.29) is 0 Å². The van der Waals surface area contributed by atoms with E-state index in [1.54, 1.807) is 24.6 Å². The molecule has 0 saturated heterocycles. The molecule has 2 heterocycles. The smallest absolute Gasteiger partial charge is 0.331 e. The number of nitrogens with zero attached hydrogens (tertiary/aromatic N) is 3. The van der Waals surface area contributed by atoms with Gasteiger partial charge in [-0.2, -0.15) is 10.2 Å². The van der Waals surface area contributed by atoms with E-state index in [0.717, 1.165) is 12.1 Å². The minimum Gasteiger partial charge on any atom is -0.479 e. The molecule has 25 heavy (non-hydrogen) atoms. The number of carbonyl (C=O) groups is 2. The van der Waals surface area contributed by atoms with E-state index in [9.17, 15) is 14.7 Å². The fourth-order valence-electron chi connectivity index (χ4n) is 2.86. The first-order valence-electron chi connectivity index (χ1n) is 8.36. The lowest BCUT2D eigenvalue weighted by Gasteiger charge is -2.15. The van der Waals surface area contributed by atoms with Crippen molar-refractivity contribution in [1.29, 1.82) is 0 Å². The van der Waals surface area contributed by atoms with E-state index < -0.39 is 17.9 Å². The van der Waals surface area contributed by atoms with Crippen molar-refractivity contribution in [3.05, 3.63) is 34.4 Å². The highest BCUT2D eigenvalue weighted by molar-refractivity contribution is 5.95. The van der Waals surface area contributed by atoms with Gasteiger partial charge in [0.05, 0.1) is 11.4 Å². The number of amides is 1. The largest absolute Gasteiger partial charge is 0.479 e. The molecule has 0 radical (unpaired) electrons. The van der Waals surface area contributed by atoms with Crippen molar-refractivity contribution in [3.8, 4) is 0 Å². The maximum Gasteiger partial charge on any atom is 0.331 e. The topological polar surface area (TPSA) is 113 Å². The maximum absolute atomic E-state index is 12.7.